The van der Waals surface area contributed by atoms with E-state index in [4.69, 9.17) is 0 Å². The molecule has 1 unspecified atom stereocenters. The minimum Gasteiger partial charge on any atom is -0.341 e. The molecule has 0 radical (unpaired) electrons. The standard InChI is InChI=1S/C15H26N2O/c18-14(13-5-1-4-10-16-13)17-11-8-15(9-12-17)6-2-3-7-15/h13,16H,1-12H2. The maximum absolute atomic E-state index is 12.4. The molecule has 3 aliphatic rings. The van der Waals surface area contributed by atoms with Crippen molar-refractivity contribution in [3.8, 4) is 0 Å². The predicted octanol–water partition coefficient (Wildman–Crippen LogP) is 2.31. The first kappa shape index (κ1) is 12.5. The number of nitrogens with one attached hydrogen (secondary N) is 1. The van der Waals surface area contributed by atoms with Gasteiger partial charge in [0.15, 0.2) is 0 Å². The molecule has 1 N–H and O–H groups in total. The number of rotatable bonds is 1. The van der Waals surface area contributed by atoms with Gasteiger partial charge in [0.2, 0.25) is 5.91 Å². The molecule has 1 spiro atoms. The van der Waals surface area contributed by atoms with E-state index < -0.39 is 0 Å². The highest BCUT2D eigenvalue weighted by Gasteiger charge is 2.39. The Hall–Kier alpha value is -0.570. The molecule has 0 aromatic carbocycles. The second-order valence-corrected chi connectivity index (χ2v) is 6.53. The van der Waals surface area contributed by atoms with Crippen LogP contribution in [0.1, 0.15) is 57.8 Å². The number of amides is 1. The summed E-state index contributed by atoms with van der Waals surface area (Å²) in [5, 5.41) is 3.39. The third-order valence-corrected chi connectivity index (χ3v) is 5.41. The molecule has 3 heteroatoms. The molecule has 2 aliphatic heterocycles. The molecule has 0 aromatic rings. The van der Waals surface area contributed by atoms with Gasteiger partial charge in [-0.3, -0.25) is 4.79 Å². The minimum atomic E-state index is 0.122. The largest absolute Gasteiger partial charge is 0.341 e. The van der Waals surface area contributed by atoms with Crippen LogP contribution in [0.3, 0.4) is 0 Å². The zero-order chi connectivity index (χ0) is 12.4. The van der Waals surface area contributed by atoms with E-state index in [1.807, 2.05) is 0 Å². The maximum Gasteiger partial charge on any atom is 0.239 e. The van der Waals surface area contributed by atoms with Gasteiger partial charge >= 0.3 is 0 Å². The molecular weight excluding hydrogens is 224 g/mol. The van der Waals surface area contributed by atoms with E-state index >= 15 is 0 Å². The smallest absolute Gasteiger partial charge is 0.239 e. The van der Waals surface area contributed by atoms with E-state index in [0.29, 0.717) is 11.3 Å². The fourth-order valence-electron chi connectivity index (χ4n) is 4.11. The van der Waals surface area contributed by atoms with Crippen LogP contribution in [-0.2, 0) is 4.79 Å². The fraction of sp³-hybridized carbons (Fsp3) is 0.933. The lowest BCUT2D eigenvalue weighted by Crippen LogP contribution is -2.51. The summed E-state index contributed by atoms with van der Waals surface area (Å²) < 4.78 is 0. The van der Waals surface area contributed by atoms with Crippen LogP contribution >= 0.6 is 0 Å². The summed E-state index contributed by atoms with van der Waals surface area (Å²) in [6, 6.07) is 0.122. The number of nitrogens with zero attached hydrogens (tertiary/aromatic N) is 1. The Balaban J connectivity index is 1.53. The van der Waals surface area contributed by atoms with Gasteiger partial charge in [-0.2, -0.15) is 0 Å². The third kappa shape index (κ3) is 2.42. The fourth-order valence-corrected chi connectivity index (χ4v) is 4.11. The summed E-state index contributed by atoms with van der Waals surface area (Å²) in [7, 11) is 0. The molecule has 2 saturated heterocycles. The lowest BCUT2D eigenvalue weighted by Gasteiger charge is -2.41. The monoisotopic (exact) mass is 250 g/mol. The summed E-state index contributed by atoms with van der Waals surface area (Å²) in [5.41, 5.74) is 0.622. The lowest BCUT2D eigenvalue weighted by molar-refractivity contribution is -0.136. The van der Waals surface area contributed by atoms with Crippen LogP contribution in [0.4, 0.5) is 0 Å². The molecule has 102 valence electrons. The van der Waals surface area contributed by atoms with Crippen molar-refractivity contribution in [1.29, 1.82) is 0 Å². The van der Waals surface area contributed by atoms with Gasteiger partial charge in [0.1, 0.15) is 0 Å². The second kappa shape index (κ2) is 5.20. The van der Waals surface area contributed by atoms with Crippen LogP contribution in [0.15, 0.2) is 0 Å². The van der Waals surface area contributed by atoms with Gasteiger partial charge in [-0.25, -0.2) is 0 Å². The van der Waals surface area contributed by atoms with Gasteiger partial charge < -0.3 is 10.2 Å². The SMILES string of the molecule is O=C(C1CCCCN1)N1CCC2(CCCC2)CC1. The normalized spacial score (nSPS) is 31.8. The lowest BCUT2D eigenvalue weighted by atomic mass is 9.77. The third-order valence-electron chi connectivity index (χ3n) is 5.41. The molecule has 3 rings (SSSR count). The first-order valence-electron chi connectivity index (χ1n) is 7.81. The van der Waals surface area contributed by atoms with Crippen molar-refractivity contribution < 1.29 is 4.79 Å². The molecule has 3 nitrogen and oxygen atoms in total. The highest BCUT2D eigenvalue weighted by atomic mass is 16.2. The first-order valence-corrected chi connectivity index (χ1v) is 7.81. The molecule has 1 aliphatic carbocycles. The van der Waals surface area contributed by atoms with Crippen LogP contribution < -0.4 is 5.32 Å². The number of hydrogen-bond acceptors (Lipinski definition) is 2. The summed E-state index contributed by atoms with van der Waals surface area (Å²) in [5.74, 6) is 0.377. The van der Waals surface area contributed by atoms with Gasteiger partial charge in [0, 0.05) is 13.1 Å². The Morgan fingerprint density at radius 2 is 1.72 bits per heavy atom. The quantitative estimate of drug-likeness (QED) is 0.774. The van der Waals surface area contributed by atoms with E-state index in [0.717, 1.165) is 26.1 Å². The highest BCUT2D eigenvalue weighted by Crippen LogP contribution is 2.46. The van der Waals surface area contributed by atoms with Gasteiger partial charge in [-0.15, -0.1) is 0 Å². The van der Waals surface area contributed by atoms with E-state index in [1.54, 1.807) is 0 Å². The summed E-state index contributed by atoms with van der Waals surface area (Å²) >= 11 is 0. The number of likely N-dealkylation sites (tertiary alicyclic amines) is 1. The van der Waals surface area contributed by atoms with Crippen LogP contribution in [0.25, 0.3) is 0 Å². The van der Waals surface area contributed by atoms with Crippen LogP contribution in [0, 0.1) is 5.41 Å². The van der Waals surface area contributed by atoms with Crippen LogP contribution in [0.5, 0.6) is 0 Å². The molecule has 3 fully saturated rings. The zero-order valence-electron chi connectivity index (χ0n) is 11.4. The number of hydrogen-bond donors (Lipinski definition) is 1. The Kier molecular flexibility index (Phi) is 3.60. The van der Waals surface area contributed by atoms with Crippen molar-refractivity contribution in [2.24, 2.45) is 5.41 Å². The zero-order valence-corrected chi connectivity index (χ0v) is 11.4. The maximum atomic E-state index is 12.4. The number of carbonyl (C=O) groups excluding carboxylic acids is 1. The van der Waals surface area contributed by atoms with Crippen LogP contribution in [-0.4, -0.2) is 36.5 Å². The average molecular weight is 250 g/mol. The van der Waals surface area contributed by atoms with E-state index in [9.17, 15) is 4.79 Å². The Morgan fingerprint density at radius 1 is 1.00 bits per heavy atom. The van der Waals surface area contributed by atoms with Gasteiger partial charge in [0.05, 0.1) is 6.04 Å². The molecule has 0 bridgehead atoms. The first-order chi connectivity index (χ1) is 8.79. The van der Waals surface area contributed by atoms with E-state index in [2.05, 4.69) is 10.2 Å². The van der Waals surface area contributed by atoms with Crippen molar-refractivity contribution in [3.63, 3.8) is 0 Å². The predicted molar refractivity (Wildman–Crippen MR) is 72.4 cm³/mol. The Morgan fingerprint density at radius 3 is 2.33 bits per heavy atom. The van der Waals surface area contributed by atoms with Gasteiger partial charge in [0.25, 0.3) is 0 Å². The molecule has 18 heavy (non-hydrogen) atoms. The molecular formula is C15H26N2O. The van der Waals surface area contributed by atoms with Crippen molar-refractivity contribution in [2.75, 3.05) is 19.6 Å². The topological polar surface area (TPSA) is 32.3 Å². The van der Waals surface area contributed by atoms with E-state index in [1.165, 1.54) is 51.4 Å². The summed E-state index contributed by atoms with van der Waals surface area (Å²) in [6.45, 7) is 3.04. The average Bonchev–Trinajstić information content (AvgIpc) is 2.88. The van der Waals surface area contributed by atoms with Crippen molar-refractivity contribution in [2.45, 2.75) is 63.8 Å². The Labute approximate surface area is 110 Å². The second-order valence-electron chi connectivity index (χ2n) is 6.53. The minimum absolute atomic E-state index is 0.122. The highest BCUT2D eigenvalue weighted by molar-refractivity contribution is 5.82. The van der Waals surface area contributed by atoms with Crippen LogP contribution in [0.2, 0.25) is 0 Å². The van der Waals surface area contributed by atoms with Gasteiger partial charge in [-0.05, 0) is 50.5 Å². The molecule has 1 amide bonds. The van der Waals surface area contributed by atoms with Crippen molar-refractivity contribution >= 4 is 5.91 Å². The molecule has 0 aromatic heterocycles. The van der Waals surface area contributed by atoms with Crippen molar-refractivity contribution in [3.05, 3.63) is 0 Å². The summed E-state index contributed by atoms with van der Waals surface area (Å²) in [4.78, 5) is 14.6. The summed E-state index contributed by atoms with van der Waals surface area (Å²) in [6.07, 6.45) is 11.6. The van der Waals surface area contributed by atoms with Crippen molar-refractivity contribution in [1.82, 2.24) is 10.2 Å². The number of piperidine rings is 2. The van der Waals surface area contributed by atoms with Gasteiger partial charge in [-0.1, -0.05) is 19.3 Å². The number of carbonyl (C=O) groups is 1. The molecule has 1 saturated carbocycles. The Bertz CT molecular complexity index is 294. The van der Waals surface area contributed by atoms with E-state index in [-0.39, 0.29) is 6.04 Å². The molecule has 2 heterocycles. The molecule has 1 atom stereocenters.